The minimum Gasteiger partial charge on any atom is -0.496 e. The van der Waals surface area contributed by atoms with Crippen LogP contribution in [0.1, 0.15) is 11.1 Å². The molecule has 2 aromatic carbocycles. The number of amides is 1. The average Bonchev–Trinajstić information content (AvgIpc) is 2.59. The van der Waals surface area contributed by atoms with Crippen LogP contribution in [0.3, 0.4) is 0 Å². The molecule has 0 fully saturated rings. The fraction of sp³-hybridized carbons (Fsp3) is 0.167. The fourth-order valence-corrected chi connectivity index (χ4v) is 2.22. The van der Waals surface area contributed by atoms with Crippen LogP contribution in [-0.2, 0) is 11.0 Å². The summed E-state index contributed by atoms with van der Waals surface area (Å²) in [6.07, 6.45) is -2.02. The summed E-state index contributed by atoms with van der Waals surface area (Å²) in [7, 11) is 2.93. The quantitative estimate of drug-likeness (QED) is 0.814. The summed E-state index contributed by atoms with van der Waals surface area (Å²) in [6.45, 7) is 0. The van der Waals surface area contributed by atoms with E-state index in [1.165, 1.54) is 38.5 Å². The van der Waals surface area contributed by atoms with Crippen molar-refractivity contribution < 1.29 is 27.4 Å². The molecule has 0 aliphatic heterocycles. The highest BCUT2D eigenvalue weighted by molar-refractivity contribution is 6.02. The maximum atomic E-state index is 12.9. The summed E-state index contributed by atoms with van der Waals surface area (Å²) >= 11 is 0. The molecule has 0 aliphatic rings. The number of carbonyl (C=O) groups is 1. The number of hydrogen-bond donors (Lipinski definition) is 1. The summed E-state index contributed by atoms with van der Waals surface area (Å²) in [4.78, 5) is 12.0. The molecule has 2 aromatic rings. The fourth-order valence-electron chi connectivity index (χ4n) is 2.22. The average molecular weight is 351 g/mol. The Hall–Kier alpha value is -2.96. The van der Waals surface area contributed by atoms with Gasteiger partial charge < -0.3 is 14.8 Å². The van der Waals surface area contributed by atoms with Gasteiger partial charge in [-0.3, -0.25) is 4.79 Å². The number of anilines is 1. The first-order valence-corrected chi connectivity index (χ1v) is 7.23. The number of benzene rings is 2. The van der Waals surface area contributed by atoms with Crippen molar-refractivity contribution in [3.8, 4) is 11.5 Å². The van der Waals surface area contributed by atoms with Crippen LogP contribution in [0.4, 0.5) is 18.9 Å². The van der Waals surface area contributed by atoms with Crippen LogP contribution in [0.5, 0.6) is 11.5 Å². The second kappa shape index (κ2) is 7.74. The molecular weight excluding hydrogens is 335 g/mol. The summed E-state index contributed by atoms with van der Waals surface area (Å²) in [5.41, 5.74) is -0.713. The standard InChI is InChI=1S/C18H16F3NO3/c1-24-15-8-5-9-16(25-2)12(15)10-11-17(23)22-14-7-4-3-6-13(14)18(19,20)21/h3-11H,1-2H3,(H,22,23)/b11-10+. The Labute approximate surface area is 142 Å². The van der Waals surface area contributed by atoms with Gasteiger partial charge in [0.15, 0.2) is 0 Å². The molecule has 0 aliphatic carbocycles. The molecule has 1 N–H and O–H groups in total. The van der Waals surface area contributed by atoms with Gasteiger partial charge in [-0.25, -0.2) is 0 Å². The smallest absolute Gasteiger partial charge is 0.418 e. The van der Waals surface area contributed by atoms with E-state index in [1.54, 1.807) is 18.2 Å². The molecule has 4 nitrogen and oxygen atoms in total. The van der Waals surface area contributed by atoms with Gasteiger partial charge in [0.05, 0.1) is 31.0 Å². The topological polar surface area (TPSA) is 47.6 Å². The molecule has 0 saturated carbocycles. The van der Waals surface area contributed by atoms with Gasteiger partial charge in [0.2, 0.25) is 5.91 Å². The lowest BCUT2D eigenvalue weighted by molar-refractivity contribution is -0.136. The number of ether oxygens (including phenoxy) is 2. The first kappa shape index (κ1) is 18.4. The molecule has 0 spiro atoms. The largest absolute Gasteiger partial charge is 0.496 e. The molecule has 0 radical (unpaired) electrons. The summed E-state index contributed by atoms with van der Waals surface area (Å²) in [5, 5.41) is 2.23. The number of hydrogen-bond acceptors (Lipinski definition) is 3. The van der Waals surface area contributed by atoms with Gasteiger partial charge in [-0.15, -0.1) is 0 Å². The molecule has 132 valence electrons. The minimum absolute atomic E-state index is 0.309. The number of rotatable bonds is 5. The van der Waals surface area contributed by atoms with E-state index in [1.807, 2.05) is 0 Å². The molecule has 1 amide bonds. The van der Waals surface area contributed by atoms with Gasteiger partial charge >= 0.3 is 6.18 Å². The first-order chi connectivity index (χ1) is 11.9. The monoisotopic (exact) mass is 351 g/mol. The molecule has 0 bridgehead atoms. The second-order valence-corrected chi connectivity index (χ2v) is 4.94. The van der Waals surface area contributed by atoms with E-state index in [0.717, 1.165) is 12.1 Å². The molecule has 0 aromatic heterocycles. The molecule has 0 atom stereocenters. The van der Waals surface area contributed by atoms with Crippen molar-refractivity contribution in [3.63, 3.8) is 0 Å². The van der Waals surface area contributed by atoms with Crippen LogP contribution >= 0.6 is 0 Å². The predicted octanol–water partition coefficient (Wildman–Crippen LogP) is 4.37. The molecule has 2 rings (SSSR count). The third kappa shape index (κ3) is 4.53. The lowest BCUT2D eigenvalue weighted by Gasteiger charge is -2.12. The zero-order valence-electron chi connectivity index (χ0n) is 13.6. The third-order valence-corrected chi connectivity index (χ3v) is 3.36. The molecular formula is C18H16F3NO3. The van der Waals surface area contributed by atoms with E-state index in [9.17, 15) is 18.0 Å². The van der Waals surface area contributed by atoms with E-state index >= 15 is 0 Å². The summed E-state index contributed by atoms with van der Waals surface area (Å²) < 4.78 is 49.2. The second-order valence-electron chi connectivity index (χ2n) is 4.94. The Morgan fingerprint density at radius 3 is 2.16 bits per heavy atom. The van der Waals surface area contributed by atoms with Crippen molar-refractivity contribution in [2.75, 3.05) is 19.5 Å². The van der Waals surface area contributed by atoms with Crippen molar-refractivity contribution in [1.82, 2.24) is 0 Å². The van der Waals surface area contributed by atoms with Gasteiger partial charge in [-0.1, -0.05) is 18.2 Å². The molecule has 0 unspecified atom stereocenters. The van der Waals surface area contributed by atoms with Gasteiger partial charge in [0.1, 0.15) is 11.5 Å². The van der Waals surface area contributed by atoms with E-state index in [0.29, 0.717) is 17.1 Å². The minimum atomic E-state index is -4.56. The number of alkyl halides is 3. The predicted molar refractivity (Wildman–Crippen MR) is 88.7 cm³/mol. The van der Waals surface area contributed by atoms with Gasteiger partial charge in [-0.05, 0) is 30.3 Å². The Morgan fingerprint density at radius 1 is 1.00 bits per heavy atom. The van der Waals surface area contributed by atoms with Gasteiger partial charge in [0, 0.05) is 6.08 Å². The van der Waals surface area contributed by atoms with Crippen molar-refractivity contribution in [2.45, 2.75) is 6.18 Å². The highest BCUT2D eigenvalue weighted by Gasteiger charge is 2.33. The van der Waals surface area contributed by atoms with Crippen molar-refractivity contribution in [1.29, 1.82) is 0 Å². The van der Waals surface area contributed by atoms with Crippen molar-refractivity contribution >= 4 is 17.7 Å². The van der Waals surface area contributed by atoms with E-state index in [4.69, 9.17) is 9.47 Å². The SMILES string of the molecule is COc1cccc(OC)c1/C=C/C(=O)Nc1ccccc1C(F)(F)F. The number of nitrogens with one attached hydrogen (secondary N) is 1. The van der Waals surface area contributed by atoms with Gasteiger partial charge in [-0.2, -0.15) is 13.2 Å². The Balaban J connectivity index is 2.24. The summed E-state index contributed by atoms with van der Waals surface area (Å²) in [6, 6.07) is 9.85. The summed E-state index contributed by atoms with van der Waals surface area (Å²) in [5.74, 6) is 0.239. The van der Waals surface area contributed by atoms with Crippen LogP contribution in [0.25, 0.3) is 6.08 Å². The molecule has 25 heavy (non-hydrogen) atoms. The van der Waals surface area contributed by atoms with Gasteiger partial charge in [0.25, 0.3) is 0 Å². The first-order valence-electron chi connectivity index (χ1n) is 7.23. The zero-order valence-corrected chi connectivity index (χ0v) is 13.6. The van der Waals surface area contributed by atoms with E-state index in [-0.39, 0.29) is 5.69 Å². The van der Waals surface area contributed by atoms with Crippen molar-refractivity contribution in [2.24, 2.45) is 0 Å². The number of methoxy groups -OCH3 is 2. The van der Waals surface area contributed by atoms with Crippen LogP contribution in [0.15, 0.2) is 48.5 Å². The number of carbonyl (C=O) groups excluding carboxylic acids is 1. The Bertz CT molecular complexity index is 763. The van der Waals surface area contributed by atoms with Crippen LogP contribution in [-0.4, -0.2) is 20.1 Å². The molecule has 0 heterocycles. The zero-order chi connectivity index (χ0) is 18.4. The third-order valence-electron chi connectivity index (χ3n) is 3.36. The van der Waals surface area contributed by atoms with E-state index in [2.05, 4.69) is 5.32 Å². The Morgan fingerprint density at radius 2 is 1.60 bits per heavy atom. The highest BCUT2D eigenvalue weighted by Crippen LogP contribution is 2.34. The van der Waals surface area contributed by atoms with Crippen molar-refractivity contribution in [3.05, 3.63) is 59.7 Å². The molecule has 0 saturated heterocycles. The number of para-hydroxylation sites is 1. The lowest BCUT2D eigenvalue weighted by Crippen LogP contribution is -2.14. The van der Waals surface area contributed by atoms with E-state index < -0.39 is 17.6 Å². The molecule has 7 heteroatoms. The Kier molecular flexibility index (Phi) is 5.69. The maximum Gasteiger partial charge on any atom is 0.418 e. The lowest BCUT2D eigenvalue weighted by atomic mass is 10.1. The number of halogens is 3. The van der Waals surface area contributed by atoms with Crippen LogP contribution in [0.2, 0.25) is 0 Å². The van der Waals surface area contributed by atoms with Crippen LogP contribution in [0, 0.1) is 0 Å². The highest BCUT2D eigenvalue weighted by atomic mass is 19.4. The normalized spacial score (nSPS) is 11.4. The maximum absolute atomic E-state index is 12.9. The van der Waals surface area contributed by atoms with Crippen LogP contribution < -0.4 is 14.8 Å².